The summed E-state index contributed by atoms with van der Waals surface area (Å²) in [5.41, 5.74) is 0. The molecule has 0 heterocycles. The number of phosphoric acid groups is 1. The highest BCUT2D eigenvalue weighted by atomic mass is 31.2. The molecule has 0 aliphatic heterocycles. The molecule has 0 saturated carbocycles. The van der Waals surface area contributed by atoms with Gasteiger partial charge in [-0.2, -0.15) is 0 Å². The van der Waals surface area contributed by atoms with Crippen molar-refractivity contribution >= 4 is 13.7 Å². The van der Waals surface area contributed by atoms with E-state index in [1.54, 1.807) is 6.08 Å². The van der Waals surface area contributed by atoms with Gasteiger partial charge >= 0.3 is 7.82 Å². The van der Waals surface area contributed by atoms with E-state index in [2.05, 4.69) is 67.8 Å². The Kier molecular flexibility index (Phi) is 46.9. The van der Waals surface area contributed by atoms with Gasteiger partial charge in [0.15, 0.2) is 0 Å². The van der Waals surface area contributed by atoms with Crippen LogP contribution >= 0.6 is 7.82 Å². The lowest BCUT2D eigenvalue weighted by Gasteiger charge is -2.25. The molecule has 0 aliphatic rings. The normalized spacial score (nSPS) is 14.5. The Labute approximate surface area is 409 Å². The highest BCUT2D eigenvalue weighted by Crippen LogP contribution is 2.43. The van der Waals surface area contributed by atoms with E-state index in [9.17, 15) is 19.4 Å². The van der Waals surface area contributed by atoms with Crippen LogP contribution < -0.4 is 5.32 Å². The minimum atomic E-state index is -4.36. The number of phosphoric ester groups is 1. The molecular weight excluding hydrogens is 840 g/mol. The number of allylic oxidation sites excluding steroid dienone is 9. The first-order chi connectivity index (χ1) is 32.0. The number of nitrogens with zero attached hydrogens (tertiary/aromatic N) is 1. The predicted octanol–water partition coefficient (Wildman–Crippen LogP) is 16.5. The van der Waals surface area contributed by atoms with Gasteiger partial charge in [0, 0.05) is 6.42 Å². The lowest BCUT2D eigenvalue weighted by atomic mass is 10.0. The quantitative estimate of drug-likeness (QED) is 0.0243. The summed E-state index contributed by atoms with van der Waals surface area (Å²) in [5.74, 6) is -0.191. The fourth-order valence-electron chi connectivity index (χ4n) is 7.88. The maximum Gasteiger partial charge on any atom is 0.472 e. The van der Waals surface area contributed by atoms with Crippen LogP contribution in [0.1, 0.15) is 245 Å². The zero-order valence-electron chi connectivity index (χ0n) is 43.9. The van der Waals surface area contributed by atoms with Crippen molar-refractivity contribution in [2.45, 2.75) is 257 Å². The average molecular weight is 948 g/mol. The third-order valence-corrected chi connectivity index (χ3v) is 13.2. The van der Waals surface area contributed by atoms with Crippen LogP contribution in [0.15, 0.2) is 60.8 Å². The van der Waals surface area contributed by atoms with Crippen molar-refractivity contribution in [1.82, 2.24) is 5.32 Å². The summed E-state index contributed by atoms with van der Waals surface area (Å²) < 4.78 is 23.7. The van der Waals surface area contributed by atoms with Crippen LogP contribution in [0.25, 0.3) is 0 Å². The first-order valence-electron chi connectivity index (χ1n) is 27.7. The van der Waals surface area contributed by atoms with Crippen LogP contribution in [0.2, 0.25) is 0 Å². The molecule has 3 unspecified atom stereocenters. The van der Waals surface area contributed by atoms with Crippen molar-refractivity contribution in [1.29, 1.82) is 0 Å². The van der Waals surface area contributed by atoms with E-state index in [1.165, 1.54) is 167 Å². The topological polar surface area (TPSA) is 105 Å². The van der Waals surface area contributed by atoms with Crippen molar-refractivity contribution < 1.29 is 32.9 Å². The maximum absolute atomic E-state index is 13.0. The number of hydrogen-bond donors (Lipinski definition) is 3. The zero-order valence-corrected chi connectivity index (χ0v) is 44.8. The minimum Gasteiger partial charge on any atom is -0.387 e. The Balaban J connectivity index is 4.32. The number of amides is 1. The Hall–Kier alpha value is -1.80. The largest absolute Gasteiger partial charge is 0.472 e. The van der Waals surface area contributed by atoms with Gasteiger partial charge in [-0.3, -0.25) is 13.8 Å². The molecule has 0 radical (unpaired) electrons. The van der Waals surface area contributed by atoms with Crippen LogP contribution in [0.3, 0.4) is 0 Å². The molecule has 0 aromatic rings. The third kappa shape index (κ3) is 50.1. The lowest BCUT2D eigenvalue weighted by Crippen LogP contribution is -2.45. The second-order valence-electron chi connectivity index (χ2n) is 19.9. The molecule has 3 N–H and O–H groups in total. The molecule has 0 aromatic heterocycles. The van der Waals surface area contributed by atoms with Gasteiger partial charge in [0.1, 0.15) is 13.2 Å². The smallest absolute Gasteiger partial charge is 0.387 e. The van der Waals surface area contributed by atoms with Gasteiger partial charge < -0.3 is 19.8 Å². The highest BCUT2D eigenvalue weighted by Gasteiger charge is 2.27. The number of aliphatic hydroxyl groups excluding tert-OH is 1. The summed E-state index contributed by atoms with van der Waals surface area (Å²) in [4.78, 5) is 23.3. The zero-order chi connectivity index (χ0) is 48.5. The second-order valence-corrected chi connectivity index (χ2v) is 21.4. The molecule has 1 amide bonds. The van der Waals surface area contributed by atoms with Crippen molar-refractivity contribution in [3.63, 3.8) is 0 Å². The summed E-state index contributed by atoms with van der Waals surface area (Å²) in [6.07, 6.45) is 64.6. The molecule has 66 heavy (non-hydrogen) atoms. The standard InChI is InChI=1S/C57H107N2O6P/c1-6-8-10-12-14-16-18-20-22-24-26-28-29-31-32-34-36-38-40-42-44-46-48-50-56(60)55(54-65-66(62,63)64-53-52-59(3,4)5)58-57(61)51-49-47-45-43-41-39-37-35-33-30-27-25-23-21-19-17-15-13-11-9-7-2/h9,11,15,17,32,34,40,42,48,50,55-56,60H,6-8,10,12-14,16,18-31,33,35-39,41,43-47,49,51-54H2,1-5H3,(H-,58,61,62,63)/p+1/b11-9-,17-15-,34-32+,42-40+,50-48+. The fraction of sp³-hybridized carbons (Fsp3) is 0.807. The molecule has 0 rings (SSSR count). The maximum atomic E-state index is 13.0. The number of nitrogens with one attached hydrogen (secondary N) is 1. The summed E-state index contributed by atoms with van der Waals surface area (Å²) in [6, 6.07) is -0.872. The van der Waals surface area contributed by atoms with E-state index in [4.69, 9.17) is 9.05 Å². The number of likely N-dealkylation sites (N-methyl/N-ethyl adjacent to an activating group) is 1. The van der Waals surface area contributed by atoms with Crippen molar-refractivity contribution in [2.24, 2.45) is 0 Å². The molecule has 3 atom stereocenters. The Morgan fingerprint density at radius 1 is 0.530 bits per heavy atom. The molecular formula is C57H108N2O6P+. The van der Waals surface area contributed by atoms with E-state index >= 15 is 0 Å². The van der Waals surface area contributed by atoms with E-state index in [-0.39, 0.29) is 19.1 Å². The third-order valence-electron chi connectivity index (χ3n) is 12.2. The lowest BCUT2D eigenvalue weighted by molar-refractivity contribution is -0.870. The van der Waals surface area contributed by atoms with Crippen LogP contribution in [-0.4, -0.2) is 73.4 Å². The predicted molar refractivity (Wildman–Crippen MR) is 286 cm³/mol. The Morgan fingerprint density at radius 3 is 1.38 bits per heavy atom. The molecule has 0 fully saturated rings. The summed E-state index contributed by atoms with van der Waals surface area (Å²) in [7, 11) is 1.55. The summed E-state index contributed by atoms with van der Waals surface area (Å²) >= 11 is 0. The number of hydrogen-bond acceptors (Lipinski definition) is 5. The van der Waals surface area contributed by atoms with Crippen LogP contribution in [0, 0.1) is 0 Å². The van der Waals surface area contributed by atoms with Crippen molar-refractivity contribution in [2.75, 3.05) is 40.9 Å². The van der Waals surface area contributed by atoms with Gasteiger partial charge in [0.25, 0.3) is 0 Å². The van der Waals surface area contributed by atoms with E-state index in [1.807, 2.05) is 27.2 Å². The fourth-order valence-corrected chi connectivity index (χ4v) is 8.61. The SMILES string of the molecule is CC/C=C\C/C=C\CCCCCCCCCCCCCCCCC(=O)NC(COP(=O)(O)OCC[N+](C)(C)C)C(O)/C=C/CC/C=C/CC/C=C/CCCCCCCCCCCCCCC. The molecule has 386 valence electrons. The molecule has 0 saturated heterocycles. The van der Waals surface area contributed by atoms with Crippen LogP contribution in [0.5, 0.6) is 0 Å². The van der Waals surface area contributed by atoms with Crippen molar-refractivity contribution in [3.05, 3.63) is 60.8 Å². The highest BCUT2D eigenvalue weighted by molar-refractivity contribution is 7.47. The van der Waals surface area contributed by atoms with Gasteiger partial charge in [-0.1, -0.05) is 229 Å². The number of unbranched alkanes of at least 4 members (excludes halogenated alkanes) is 29. The average Bonchev–Trinajstić information content (AvgIpc) is 3.28. The molecule has 8 nitrogen and oxygen atoms in total. The van der Waals surface area contributed by atoms with Crippen LogP contribution in [0.4, 0.5) is 0 Å². The van der Waals surface area contributed by atoms with Gasteiger partial charge in [-0.15, -0.1) is 0 Å². The summed E-state index contributed by atoms with van der Waals surface area (Å²) in [6.45, 7) is 4.70. The number of aliphatic hydroxyl groups is 1. The minimum absolute atomic E-state index is 0.0523. The number of rotatable bonds is 50. The van der Waals surface area contributed by atoms with Gasteiger partial charge in [-0.05, 0) is 70.6 Å². The second kappa shape index (κ2) is 48.2. The number of carbonyl (C=O) groups is 1. The van der Waals surface area contributed by atoms with Crippen molar-refractivity contribution in [3.8, 4) is 0 Å². The molecule has 0 aromatic carbocycles. The van der Waals surface area contributed by atoms with E-state index in [0.717, 1.165) is 57.8 Å². The number of quaternary nitrogens is 1. The Morgan fingerprint density at radius 2 is 0.924 bits per heavy atom. The molecule has 0 aliphatic carbocycles. The summed E-state index contributed by atoms with van der Waals surface area (Å²) in [5, 5.41) is 13.9. The molecule has 9 heteroatoms. The number of carbonyl (C=O) groups excluding carboxylic acids is 1. The van der Waals surface area contributed by atoms with Gasteiger partial charge in [0.2, 0.25) is 5.91 Å². The van der Waals surface area contributed by atoms with E-state index < -0.39 is 20.0 Å². The first-order valence-corrected chi connectivity index (χ1v) is 29.2. The van der Waals surface area contributed by atoms with E-state index in [0.29, 0.717) is 17.4 Å². The Bertz CT molecular complexity index is 1260. The molecule has 0 bridgehead atoms. The van der Waals surface area contributed by atoms with Gasteiger partial charge in [-0.25, -0.2) is 4.57 Å². The first kappa shape index (κ1) is 64.2. The molecule has 0 spiro atoms. The van der Waals surface area contributed by atoms with Crippen LogP contribution in [-0.2, 0) is 18.4 Å². The monoisotopic (exact) mass is 948 g/mol. The van der Waals surface area contributed by atoms with Gasteiger partial charge in [0.05, 0.1) is 39.9 Å².